The zero-order valence-electron chi connectivity index (χ0n) is 13.4. The zero-order chi connectivity index (χ0) is 16.8. The molecule has 24 heavy (non-hydrogen) atoms. The van der Waals surface area contributed by atoms with Gasteiger partial charge in [0.1, 0.15) is 0 Å². The molecule has 1 aromatic carbocycles. The van der Waals surface area contributed by atoms with E-state index in [1.807, 2.05) is 58.1 Å². The molecule has 1 fully saturated rings. The molecule has 3 rings (SSSR count). The molecule has 0 spiro atoms. The van der Waals surface area contributed by atoms with Crippen LogP contribution < -0.4 is 5.32 Å². The van der Waals surface area contributed by atoms with E-state index in [2.05, 4.69) is 5.32 Å². The van der Waals surface area contributed by atoms with Crippen molar-refractivity contribution in [2.24, 2.45) is 0 Å². The van der Waals surface area contributed by atoms with E-state index in [0.717, 1.165) is 24.9 Å². The Morgan fingerprint density at radius 3 is 2.79 bits per heavy atom. The summed E-state index contributed by atoms with van der Waals surface area (Å²) in [5.41, 5.74) is 1.72. The molecule has 0 bridgehead atoms. The number of piperidine rings is 1. The van der Waals surface area contributed by atoms with Crippen LogP contribution >= 0.6 is 11.3 Å². The number of likely N-dealkylation sites (tertiary alicyclic amines) is 1. The van der Waals surface area contributed by atoms with Crippen LogP contribution in [0.5, 0.6) is 0 Å². The molecule has 4 nitrogen and oxygen atoms in total. The van der Waals surface area contributed by atoms with Crippen LogP contribution in [0, 0.1) is 0 Å². The van der Waals surface area contributed by atoms with Crippen LogP contribution in [0.25, 0.3) is 6.08 Å². The summed E-state index contributed by atoms with van der Waals surface area (Å²) in [7, 11) is 0. The molecule has 1 atom stereocenters. The van der Waals surface area contributed by atoms with Crippen LogP contribution in [-0.2, 0) is 4.79 Å². The topological polar surface area (TPSA) is 49.4 Å². The van der Waals surface area contributed by atoms with Crippen molar-refractivity contribution < 1.29 is 9.59 Å². The molecule has 1 N–H and O–H groups in total. The Morgan fingerprint density at radius 1 is 1.21 bits per heavy atom. The second-order valence-corrected chi connectivity index (χ2v) is 6.63. The number of benzene rings is 1. The van der Waals surface area contributed by atoms with E-state index in [0.29, 0.717) is 12.1 Å². The van der Waals surface area contributed by atoms with Crippen LogP contribution in [0.15, 0.2) is 53.2 Å². The van der Waals surface area contributed by atoms with Gasteiger partial charge in [-0.2, -0.15) is 11.3 Å². The Balaban J connectivity index is 1.55. The molecule has 0 radical (unpaired) electrons. The number of hydrogen-bond acceptors (Lipinski definition) is 3. The largest absolute Gasteiger partial charge is 0.348 e. The fourth-order valence-electron chi connectivity index (χ4n) is 2.83. The molecule has 1 aromatic heterocycles. The molecule has 0 unspecified atom stereocenters. The number of carbonyl (C=O) groups is 2. The normalized spacial score (nSPS) is 17.8. The summed E-state index contributed by atoms with van der Waals surface area (Å²) in [6, 6.07) is 11.3. The first-order valence-electron chi connectivity index (χ1n) is 8.07. The van der Waals surface area contributed by atoms with Gasteiger partial charge in [-0.15, -0.1) is 0 Å². The Morgan fingerprint density at radius 2 is 2.04 bits per heavy atom. The van der Waals surface area contributed by atoms with Gasteiger partial charge in [-0.1, -0.05) is 18.2 Å². The zero-order valence-corrected chi connectivity index (χ0v) is 14.2. The molecule has 2 amide bonds. The summed E-state index contributed by atoms with van der Waals surface area (Å²) < 4.78 is 0. The minimum atomic E-state index is -0.111. The van der Waals surface area contributed by atoms with E-state index in [1.54, 1.807) is 17.4 Å². The number of amides is 2. The molecule has 0 aliphatic carbocycles. The minimum absolute atomic E-state index is 0.00559. The lowest BCUT2D eigenvalue weighted by Gasteiger charge is -2.33. The smallest absolute Gasteiger partial charge is 0.253 e. The first-order chi connectivity index (χ1) is 11.7. The first-order valence-corrected chi connectivity index (χ1v) is 9.02. The van der Waals surface area contributed by atoms with Crippen molar-refractivity contribution in [3.63, 3.8) is 0 Å². The fourth-order valence-corrected chi connectivity index (χ4v) is 3.46. The number of hydrogen-bond donors (Lipinski definition) is 1. The molecule has 5 heteroatoms. The Labute approximate surface area is 145 Å². The minimum Gasteiger partial charge on any atom is -0.348 e. The third-order valence-corrected chi connectivity index (χ3v) is 4.75. The van der Waals surface area contributed by atoms with Crippen LogP contribution in [0.2, 0.25) is 0 Å². The maximum absolute atomic E-state index is 12.5. The number of thiophene rings is 1. The van der Waals surface area contributed by atoms with Crippen LogP contribution in [0.4, 0.5) is 0 Å². The summed E-state index contributed by atoms with van der Waals surface area (Å²) in [4.78, 5) is 26.4. The summed E-state index contributed by atoms with van der Waals surface area (Å²) in [6.45, 7) is 1.30. The number of nitrogens with zero attached hydrogens (tertiary/aromatic N) is 1. The van der Waals surface area contributed by atoms with Crippen molar-refractivity contribution in [1.29, 1.82) is 0 Å². The molecular weight excluding hydrogens is 320 g/mol. The Hall–Kier alpha value is -2.40. The van der Waals surface area contributed by atoms with Crippen molar-refractivity contribution in [3.8, 4) is 0 Å². The van der Waals surface area contributed by atoms with Crippen molar-refractivity contribution in [1.82, 2.24) is 10.2 Å². The lowest BCUT2D eigenvalue weighted by molar-refractivity contribution is -0.117. The predicted octanol–water partition coefficient (Wildman–Crippen LogP) is 3.18. The summed E-state index contributed by atoms with van der Waals surface area (Å²) >= 11 is 1.60. The molecule has 1 aliphatic heterocycles. The second-order valence-electron chi connectivity index (χ2n) is 5.85. The Bertz CT molecular complexity index is 710. The highest BCUT2D eigenvalue weighted by atomic mass is 32.1. The first kappa shape index (κ1) is 16.5. The molecule has 2 aromatic rings. The highest BCUT2D eigenvalue weighted by molar-refractivity contribution is 7.08. The van der Waals surface area contributed by atoms with Gasteiger partial charge in [0.15, 0.2) is 0 Å². The van der Waals surface area contributed by atoms with Gasteiger partial charge in [0, 0.05) is 30.8 Å². The third-order valence-electron chi connectivity index (χ3n) is 4.05. The average molecular weight is 340 g/mol. The second kappa shape index (κ2) is 7.93. The molecule has 0 saturated carbocycles. The van der Waals surface area contributed by atoms with Crippen molar-refractivity contribution in [3.05, 3.63) is 64.4 Å². The van der Waals surface area contributed by atoms with E-state index in [1.165, 1.54) is 0 Å². The predicted molar refractivity (Wildman–Crippen MR) is 96.9 cm³/mol. The van der Waals surface area contributed by atoms with Crippen molar-refractivity contribution >= 4 is 29.2 Å². The van der Waals surface area contributed by atoms with Crippen LogP contribution in [0.1, 0.15) is 28.8 Å². The monoisotopic (exact) mass is 340 g/mol. The molecule has 1 aliphatic rings. The van der Waals surface area contributed by atoms with Gasteiger partial charge in [-0.25, -0.2) is 0 Å². The van der Waals surface area contributed by atoms with Crippen LogP contribution in [0.3, 0.4) is 0 Å². The average Bonchev–Trinajstić information content (AvgIpc) is 3.14. The van der Waals surface area contributed by atoms with Gasteiger partial charge in [0.25, 0.3) is 5.91 Å². The van der Waals surface area contributed by atoms with E-state index >= 15 is 0 Å². The number of rotatable bonds is 4. The van der Waals surface area contributed by atoms with Gasteiger partial charge in [0.05, 0.1) is 0 Å². The van der Waals surface area contributed by atoms with Gasteiger partial charge >= 0.3 is 0 Å². The van der Waals surface area contributed by atoms with Crippen molar-refractivity contribution in [2.75, 3.05) is 13.1 Å². The summed E-state index contributed by atoms with van der Waals surface area (Å²) in [5, 5.41) is 6.97. The Kier molecular flexibility index (Phi) is 5.43. The van der Waals surface area contributed by atoms with E-state index in [-0.39, 0.29) is 17.9 Å². The highest BCUT2D eigenvalue weighted by Gasteiger charge is 2.24. The third kappa shape index (κ3) is 4.32. The van der Waals surface area contributed by atoms with E-state index in [4.69, 9.17) is 0 Å². The quantitative estimate of drug-likeness (QED) is 0.869. The fraction of sp³-hybridized carbons (Fsp3) is 0.263. The summed E-state index contributed by atoms with van der Waals surface area (Å²) in [6.07, 6.45) is 5.16. The van der Waals surface area contributed by atoms with Gasteiger partial charge < -0.3 is 10.2 Å². The maximum Gasteiger partial charge on any atom is 0.253 e. The SMILES string of the molecule is O=C(/C=C/c1ccsc1)N[C@@H]1CCCN(C(=O)c2ccccc2)C1. The number of nitrogens with one attached hydrogen (secondary N) is 1. The van der Waals surface area contributed by atoms with Gasteiger partial charge in [-0.3, -0.25) is 9.59 Å². The van der Waals surface area contributed by atoms with Gasteiger partial charge in [-0.05, 0) is 53.4 Å². The van der Waals surface area contributed by atoms with Crippen molar-refractivity contribution in [2.45, 2.75) is 18.9 Å². The van der Waals surface area contributed by atoms with Crippen LogP contribution in [-0.4, -0.2) is 35.8 Å². The number of carbonyl (C=O) groups excluding carboxylic acids is 2. The van der Waals surface area contributed by atoms with E-state index in [9.17, 15) is 9.59 Å². The van der Waals surface area contributed by atoms with Gasteiger partial charge in [0.2, 0.25) is 5.91 Å². The lowest BCUT2D eigenvalue weighted by Crippen LogP contribution is -2.49. The maximum atomic E-state index is 12.5. The lowest BCUT2D eigenvalue weighted by atomic mass is 10.0. The molecule has 2 heterocycles. The highest BCUT2D eigenvalue weighted by Crippen LogP contribution is 2.14. The molecule has 124 valence electrons. The standard InChI is InChI=1S/C19H20N2O2S/c22-18(9-8-15-10-12-24-14-15)20-17-7-4-11-21(13-17)19(23)16-5-2-1-3-6-16/h1-3,5-6,8-10,12,14,17H,4,7,11,13H2,(H,20,22)/b9-8+/t17-/m1/s1. The summed E-state index contributed by atoms with van der Waals surface area (Å²) in [5.74, 6) is -0.0800. The molecular formula is C19H20N2O2S. The molecule has 1 saturated heterocycles. The van der Waals surface area contributed by atoms with E-state index < -0.39 is 0 Å².